The number of carbonyl (C=O) groups excluding carboxylic acids is 1. The first-order valence-corrected chi connectivity index (χ1v) is 9.58. The predicted octanol–water partition coefficient (Wildman–Crippen LogP) is 2.27. The molecule has 0 atom stereocenters. The largest absolute Gasteiger partial charge is 0.348 e. The molecule has 8 heteroatoms. The van der Waals surface area contributed by atoms with Gasteiger partial charge in [-0.1, -0.05) is 37.7 Å². The van der Waals surface area contributed by atoms with Crippen LogP contribution in [0.2, 0.25) is 0 Å². The standard InChI is InChI=1S/C18H23N5O2S/c1-12(2)9-10-22-16(25)13-7-5-6-8-14(13)23-17(22)19-20-18(23)26-11-15(24)21(3)4/h5-8,12H,9-11H2,1-4H3. The van der Waals surface area contributed by atoms with Gasteiger partial charge in [0.2, 0.25) is 11.7 Å². The van der Waals surface area contributed by atoms with Crippen LogP contribution >= 0.6 is 11.8 Å². The van der Waals surface area contributed by atoms with Crippen LogP contribution in [-0.4, -0.2) is 49.8 Å². The van der Waals surface area contributed by atoms with Gasteiger partial charge in [0.15, 0.2) is 5.16 Å². The van der Waals surface area contributed by atoms with Crippen molar-refractivity contribution in [3.05, 3.63) is 34.6 Å². The van der Waals surface area contributed by atoms with Gasteiger partial charge >= 0.3 is 0 Å². The minimum Gasteiger partial charge on any atom is -0.348 e. The Morgan fingerprint density at radius 2 is 1.96 bits per heavy atom. The average Bonchev–Trinajstić information content (AvgIpc) is 3.03. The molecule has 0 N–H and O–H groups in total. The first kappa shape index (κ1) is 18.4. The van der Waals surface area contributed by atoms with Gasteiger partial charge in [0.1, 0.15) is 0 Å². The van der Waals surface area contributed by atoms with Crippen molar-refractivity contribution in [2.24, 2.45) is 5.92 Å². The van der Waals surface area contributed by atoms with Crippen LogP contribution in [-0.2, 0) is 11.3 Å². The van der Waals surface area contributed by atoms with Gasteiger partial charge in [-0.05, 0) is 24.5 Å². The lowest BCUT2D eigenvalue weighted by Gasteiger charge is -2.12. The average molecular weight is 373 g/mol. The highest BCUT2D eigenvalue weighted by Crippen LogP contribution is 2.22. The fraction of sp³-hybridized carbons (Fsp3) is 0.444. The van der Waals surface area contributed by atoms with E-state index in [1.807, 2.05) is 28.7 Å². The molecule has 0 fully saturated rings. The maximum atomic E-state index is 12.9. The second-order valence-corrected chi connectivity index (χ2v) is 7.79. The van der Waals surface area contributed by atoms with Gasteiger partial charge < -0.3 is 4.90 Å². The van der Waals surface area contributed by atoms with Crippen LogP contribution in [0, 0.1) is 5.92 Å². The first-order chi connectivity index (χ1) is 12.4. The van der Waals surface area contributed by atoms with Crippen molar-refractivity contribution in [1.29, 1.82) is 0 Å². The molecule has 2 aromatic heterocycles. The first-order valence-electron chi connectivity index (χ1n) is 8.59. The third-order valence-electron chi connectivity index (χ3n) is 4.23. The molecule has 0 saturated carbocycles. The molecule has 0 unspecified atom stereocenters. The Hall–Kier alpha value is -2.35. The van der Waals surface area contributed by atoms with Crippen molar-refractivity contribution in [3.63, 3.8) is 0 Å². The van der Waals surface area contributed by atoms with Gasteiger partial charge in [-0.3, -0.25) is 18.6 Å². The summed E-state index contributed by atoms with van der Waals surface area (Å²) in [6.45, 7) is 4.84. The summed E-state index contributed by atoms with van der Waals surface area (Å²) in [5, 5.41) is 9.76. The molecule has 0 bridgehead atoms. The Balaban J connectivity index is 2.14. The summed E-state index contributed by atoms with van der Waals surface area (Å²) < 4.78 is 3.57. The molecule has 1 amide bonds. The maximum Gasteiger partial charge on any atom is 0.262 e. The molecule has 0 saturated heterocycles. The lowest BCUT2D eigenvalue weighted by molar-refractivity contribution is -0.125. The SMILES string of the molecule is CC(C)CCn1c(=O)c2ccccc2n2c(SCC(=O)N(C)C)nnc12. The number of amides is 1. The summed E-state index contributed by atoms with van der Waals surface area (Å²) in [7, 11) is 3.45. The van der Waals surface area contributed by atoms with Crippen LogP contribution in [0.25, 0.3) is 16.7 Å². The number of hydrogen-bond donors (Lipinski definition) is 0. The smallest absolute Gasteiger partial charge is 0.262 e. The van der Waals surface area contributed by atoms with E-state index in [4.69, 9.17) is 0 Å². The second-order valence-electron chi connectivity index (χ2n) is 6.85. The number of hydrogen-bond acceptors (Lipinski definition) is 5. The monoisotopic (exact) mass is 373 g/mol. The lowest BCUT2D eigenvalue weighted by atomic mass is 10.1. The van der Waals surface area contributed by atoms with E-state index in [9.17, 15) is 9.59 Å². The van der Waals surface area contributed by atoms with E-state index >= 15 is 0 Å². The summed E-state index contributed by atoms with van der Waals surface area (Å²) in [6.07, 6.45) is 0.877. The van der Waals surface area contributed by atoms with Crippen molar-refractivity contribution in [2.45, 2.75) is 32.0 Å². The van der Waals surface area contributed by atoms with Crippen LogP contribution in [0.5, 0.6) is 0 Å². The fourth-order valence-corrected chi connectivity index (χ4v) is 3.59. The number of fused-ring (bicyclic) bond motifs is 3. The Morgan fingerprint density at radius 1 is 1.23 bits per heavy atom. The molecule has 3 aromatic rings. The molecule has 7 nitrogen and oxygen atoms in total. The number of para-hydroxylation sites is 1. The zero-order valence-electron chi connectivity index (χ0n) is 15.5. The third kappa shape index (κ3) is 3.46. The van der Waals surface area contributed by atoms with E-state index in [0.717, 1.165) is 11.9 Å². The lowest BCUT2D eigenvalue weighted by Crippen LogP contribution is -2.24. The van der Waals surface area contributed by atoms with Gasteiger partial charge in [-0.25, -0.2) is 0 Å². The number of nitrogens with zero attached hydrogens (tertiary/aromatic N) is 5. The van der Waals surface area contributed by atoms with Crippen molar-refractivity contribution < 1.29 is 4.79 Å². The van der Waals surface area contributed by atoms with Gasteiger partial charge in [-0.15, -0.1) is 10.2 Å². The normalized spacial score (nSPS) is 11.6. The van der Waals surface area contributed by atoms with E-state index in [0.29, 0.717) is 28.8 Å². The zero-order valence-corrected chi connectivity index (χ0v) is 16.3. The van der Waals surface area contributed by atoms with Crippen LogP contribution in [0.1, 0.15) is 20.3 Å². The molecule has 3 rings (SSSR count). The highest BCUT2D eigenvalue weighted by molar-refractivity contribution is 7.99. The maximum absolute atomic E-state index is 12.9. The van der Waals surface area contributed by atoms with Gasteiger partial charge in [0.25, 0.3) is 5.56 Å². The van der Waals surface area contributed by atoms with E-state index in [1.165, 1.54) is 11.8 Å². The van der Waals surface area contributed by atoms with Crippen molar-refractivity contribution in [3.8, 4) is 0 Å². The van der Waals surface area contributed by atoms with E-state index in [-0.39, 0.29) is 17.2 Å². The Morgan fingerprint density at radius 3 is 2.65 bits per heavy atom. The topological polar surface area (TPSA) is 72.5 Å². The van der Waals surface area contributed by atoms with Crippen LogP contribution in [0.4, 0.5) is 0 Å². The molecular weight excluding hydrogens is 350 g/mol. The quantitative estimate of drug-likeness (QED) is 0.620. The molecule has 26 heavy (non-hydrogen) atoms. The van der Waals surface area contributed by atoms with Crippen LogP contribution in [0.3, 0.4) is 0 Å². The summed E-state index contributed by atoms with van der Waals surface area (Å²) in [4.78, 5) is 26.4. The Kier molecular flexibility index (Phi) is 5.31. The van der Waals surface area contributed by atoms with E-state index in [1.54, 1.807) is 23.6 Å². The van der Waals surface area contributed by atoms with Crippen molar-refractivity contribution in [1.82, 2.24) is 24.1 Å². The summed E-state index contributed by atoms with van der Waals surface area (Å²) in [5.41, 5.74) is 0.708. The predicted molar refractivity (Wildman–Crippen MR) is 104 cm³/mol. The summed E-state index contributed by atoms with van der Waals surface area (Å²) in [5.74, 6) is 1.27. The third-order valence-corrected chi connectivity index (χ3v) is 5.15. The molecule has 0 spiro atoms. The number of rotatable bonds is 6. The minimum atomic E-state index is -0.0536. The van der Waals surface area contributed by atoms with Gasteiger partial charge in [-0.2, -0.15) is 0 Å². The second kappa shape index (κ2) is 7.49. The molecule has 0 radical (unpaired) electrons. The molecule has 0 aliphatic carbocycles. The minimum absolute atomic E-state index is 0.00387. The molecule has 0 aliphatic rings. The highest BCUT2D eigenvalue weighted by atomic mass is 32.2. The fourth-order valence-electron chi connectivity index (χ4n) is 2.67. The highest BCUT2D eigenvalue weighted by Gasteiger charge is 2.18. The molecule has 1 aromatic carbocycles. The summed E-state index contributed by atoms with van der Waals surface area (Å²) in [6, 6.07) is 7.45. The van der Waals surface area contributed by atoms with E-state index < -0.39 is 0 Å². The van der Waals surface area contributed by atoms with Gasteiger partial charge in [0.05, 0.1) is 16.7 Å². The Bertz CT molecular complexity index is 1010. The molecule has 0 aliphatic heterocycles. The number of carbonyl (C=O) groups is 1. The number of aromatic nitrogens is 4. The molecular formula is C18H23N5O2S. The number of benzene rings is 1. The number of aryl methyl sites for hydroxylation is 1. The summed E-state index contributed by atoms with van der Waals surface area (Å²) >= 11 is 1.33. The van der Waals surface area contributed by atoms with Crippen molar-refractivity contribution >= 4 is 34.3 Å². The van der Waals surface area contributed by atoms with E-state index in [2.05, 4.69) is 24.0 Å². The van der Waals surface area contributed by atoms with Crippen LogP contribution < -0.4 is 5.56 Å². The van der Waals surface area contributed by atoms with Gasteiger partial charge in [0, 0.05) is 20.6 Å². The van der Waals surface area contributed by atoms with Crippen LogP contribution in [0.15, 0.2) is 34.2 Å². The Labute approximate surface area is 156 Å². The molecule has 2 heterocycles. The molecule has 138 valence electrons. The number of thioether (sulfide) groups is 1. The van der Waals surface area contributed by atoms with Crippen molar-refractivity contribution in [2.75, 3.05) is 19.8 Å². The zero-order chi connectivity index (χ0) is 18.8.